The molecule has 2 aromatic heterocycles. The molecule has 0 aliphatic carbocycles. The van der Waals surface area contributed by atoms with Crippen LogP contribution < -0.4 is 5.56 Å². The number of fused-ring (bicyclic) bond motifs is 1. The maximum Gasteiger partial charge on any atom is 0.321 e. The number of carbonyl (C=O) groups is 1. The lowest BCUT2D eigenvalue weighted by atomic mass is 9.90. The van der Waals surface area contributed by atoms with E-state index in [0.717, 1.165) is 12.8 Å². The molecule has 0 spiro atoms. The van der Waals surface area contributed by atoms with Crippen LogP contribution in [0.15, 0.2) is 16.4 Å². The highest BCUT2D eigenvalue weighted by atomic mass is 32.1. The van der Waals surface area contributed by atoms with Gasteiger partial charge in [0.05, 0.1) is 5.69 Å². The predicted octanol–water partition coefficient (Wildman–Crippen LogP) is 0.836. The van der Waals surface area contributed by atoms with Gasteiger partial charge in [-0.25, -0.2) is 4.98 Å². The van der Waals surface area contributed by atoms with Gasteiger partial charge in [0.15, 0.2) is 0 Å². The number of hydrogen-bond acceptors (Lipinski definition) is 6. The van der Waals surface area contributed by atoms with Crippen LogP contribution in [0.5, 0.6) is 0 Å². The Bertz CT molecular complexity index is 726. The average molecular weight is 308 g/mol. The summed E-state index contributed by atoms with van der Waals surface area (Å²) in [6.07, 6.45) is 1.88. The van der Waals surface area contributed by atoms with Crippen LogP contribution in [-0.4, -0.2) is 43.2 Å². The molecule has 1 aliphatic heterocycles. The fourth-order valence-corrected chi connectivity index (χ4v) is 3.58. The second-order valence-corrected chi connectivity index (χ2v) is 6.20. The molecular formula is C13H16N4O3S. The third kappa shape index (κ3) is 2.68. The molecule has 0 radical (unpaired) electrons. The highest BCUT2D eigenvalue weighted by Crippen LogP contribution is 2.24. The number of carboxylic acid groups (broad SMARTS) is 1. The molecule has 1 aliphatic rings. The van der Waals surface area contributed by atoms with Crippen LogP contribution in [0, 0.1) is 5.92 Å². The Morgan fingerprint density at radius 2 is 2.38 bits per heavy atom. The van der Waals surface area contributed by atoms with Gasteiger partial charge in [0.2, 0.25) is 4.96 Å². The van der Waals surface area contributed by atoms with E-state index >= 15 is 0 Å². The van der Waals surface area contributed by atoms with Crippen molar-refractivity contribution in [3.8, 4) is 0 Å². The first-order chi connectivity index (χ1) is 10.1. The molecule has 2 aromatic rings. The van der Waals surface area contributed by atoms with Crippen LogP contribution in [0.25, 0.3) is 4.96 Å². The molecule has 1 fully saturated rings. The van der Waals surface area contributed by atoms with Gasteiger partial charge in [0.25, 0.3) is 5.56 Å². The van der Waals surface area contributed by atoms with Gasteiger partial charge >= 0.3 is 5.97 Å². The summed E-state index contributed by atoms with van der Waals surface area (Å²) in [5.41, 5.74) is 1.94. The molecule has 0 bridgehead atoms. The first-order valence-corrected chi connectivity index (χ1v) is 7.73. The van der Waals surface area contributed by atoms with Crippen molar-refractivity contribution >= 4 is 22.3 Å². The molecule has 3 rings (SSSR count). The lowest BCUT2D eigenvalue weighted by molar-refractivity contribution is -0.147. The Balaban J connectivity index is 1.89. The average Bonchev–Trinajstić information content (AvgIpc) is 2.87. The van der Waals surface area contributed by atoms with Crippen LogP contribution in [-0.2, 0) is 11.3 Å². The van der Waals surface area contributed by atoms with Crippen molar-refractivity contribution in [3.63, 3.8) is 0 Å². The molecule has 1 N–H and O–H groups in total. The molecule has 0 aromatic carbocycles. The van der Waals surface area contributed by atoms with Gasteiger partial charge in [-0.1, -0.05) is 18.3 Å². The number of nitrogens with zero attached hydrogens (tertiary/aromatic N) is 4. The van der Waals surface area contributed by atoms with Gasteiger partial charge in [0, 0.05) is 12.6 Å². The summed E-state index contributed by atoms with van der Waals surface area (Å²) in [6, 6.07) is 0.922. The summed E-state index contributed by atoms with van der Waals surface area (Å²) in [5.74, 6) is -0.706. The molecule has 8 heteroatoms. The summed E-state index contributed by atoms with van der Waals surface area (Å²) in [6.45, 7) is 3.05. The topological polar surface area (TPSA) is 87.8 Å². The third-order valence-corrected chi connectivity index (χ3v) is 4.57. The minimum atomic E-state index is -0.808. The smallest absolute Gasteiger partial charge is 0.321 e. The van der Waals surface area contributed by atoms with Gasteiger partial charge in [0.1, 0.15) is 11.6 Å². The quantitative estimate of drug-likeness (QED) is 0.904. The second kappa shape index (κ2) is 5.53. The Kier molecular flexibility index (Phi) is 3.73. The molecule has 21 heavy (non-hydrogen) atoms. The number of aliphatic carboxylic acids is 1. The zero-order valence-electron chi connectivity index (χ0n) is 11.6. The van der Waals surface area contributed by atoms with Crippen molar-refractivity contribution in [2.45, 2.75) is 32.4 Å². The highest BCUT2D eigenvalue weighted by Gasteiger charge is 2.34. The first-order valence-electron chi connectivity index (χ1n) is 6.85. The van der Waals surface area contributed by atoms with Gasteiger partial charge in [-0.05, 0) is 25.3 Å². The third-order valence-electron chi connectivity index (χ3n) is 3.90. The normalized spacial score (nSPS) is 23.5. The summed E-state index contributed by atoms with van der Waals surface area (Å²) in [5, 5.41) is 13.3. The van der Waals surface area contributed by atoms with Gasteiger partial charge in [-0.2, -0.15) is 9.61 Å². The number of piperidine rings is 1. The summed E-state index contributed by atoms with van der Waals surface area (Å²) in [4.78, 5) is 30.2. The van der Waals surface area contributed by atoms with E-state index in [2.05, 4.69) is 10.1 Å². The number of likely N-dealkylation sites (tertiary alicyclic amines) is 1. The Morgan fingerprint density at radius 1 is 1.57 bits per heavy atom. The van der Waals surface area contributed by atoms with E-state index in [1.807, 2.05) is 11.8 Å². The Hall–Kier alpha value is -1.80. The van der Waals surface area contributed by atoms with E-state index in [1.165, 1.54) is 21.9 Å². The van der Waals surface area contributed by atoms with E-state index in [-0.39, 0.29) is 11.5 Å². The lowest BCUT2D eigenvalue weighted by Crippen LogP contribution is -2.48. The SMILES string of the molecule is CC1CCCN(Cc2cc(=O)n3ncsc3n2)C1C(=O)O. The van der Waals surface area contributed by atoms with Crippen molar-refractivity contribution in [1.82, 2.24) is 19.5 Å². The van der Waals surface area contributed by atoms with Gasteiger partial charge < -0.3 is 5.11 Å². The van der Waals surface area contributed by atoms with Crippen molar-refractivity contribution in [1.29, 1.82) is 0 Å². The van der Waals surface area contributed by atoms with E-state index in [0.29, 0.717) is 23.7 Å². The minimum absolute atomic E-state index is 0.101. The van der Waals surface area contributed by atoms with Crippen molar-refractivity contribution in [3.05, 3.63) is 27.6 Å². The van der Waals surface area contributed by atoms with Gasteiger partial charge in [-0.3, -0.25) is 14.5 Å². The van der Waals surface area contributed by atoms with E-state index in [9.17, 15) is 14.7 Å². The zero-order chi connectivity index (χ0) is 15.0. The van der Waals surface area contributed by atoms with Crippen LogP contribution in [0.3, 0.4) is 0 Å². The molecule has 1 saturated heterocycles. The molecular weight excluding hydrogens is 292 g/mol. The van der Waals surface area contributed by atoms with Gasteiger partial charge in [-0.15, -0.1) is 0 Å². The Labute approximate surface area is 124 Å². The predicted molar refractivity (Wildman–Crippen MR) is 77.4 cm³/mol. The van der Waals surface area contributed by atoms with Crippen molar-refractivity contribution in [2.24, 2.45) is 5.92 Å². The lowest BCUT2D eigenvalue weighted by Gasteiger charge is -2.36. The van der Waals surface area contributed by atoms with Crippen LogP contribution in [0.2, 0.25) is 0 Å². The standard InChI is InChI=1S/C13H16N4O3S/c1-8-3-2-4-16(11(8)12(19)20)6-9-5-10(18)17-13(15-9)21-7-14-17/h5,7-8,11H,2-4,6H2,1H3,(H,19,20). The molecule has 2 atom stereocenters. The number of aromatic nitrogens is 3. The van der Waals surface area contributed by atoms with E-state index in [4.69, 9.17) is 0 Å². The zero-order valence-corrected chi connectivity index (χ0v) is 12.4. The van der Waals surface area contributed by atoms with E-state index in [1.54, 1.807) is 5.51 Å². The van der Waals surface area contributed by atoms with Crippen LogP contribution in [0.1, 0.15) is 25.5 Å². The summed E-state index contributed by atoms with van der Waals surface area (Å²) < 4.78 is 1.25. The number of carboxylic acids is 1. The molecule has 0 amide bonds. The fourth-order valence-electron chi connectivity index (χ4n) is 2.94. The largest absolute Gasteiger partial charge is 0.480 e. The summed E-state index contributed by atoms with van der Waals surface area (Å²) >= 11 is 1.29. The number of hydrogen-bond donors (Lipinski definition) is 1. The monoisotopic (exact) mass is 308 g/mol. The molecule has 2 unspecified atom stereocenters. The van der Waals surface area contributed by atoms with Crippen molar-refractivity contribution in [2.75, 3.05) is 6.54 Å². The maximum atomic E-state index is 11.9. The van der Waals surface area contributed by atoms with Crippen LogP contribution in [0.4, 0.5) is 0 Å². The number of rotatable bonds is 3. The molecule has 112 valence electrons. The molecule has 3 heterocycles. The first kappa shape index (κ1) is 14.2. The minimum Gasteiger partial charge on any atom is -0.480 e. The molecule has 0 saturated carbocycles. The second-order valence-electron chi connectivity index (χ2n) is 5.39. The fraction of sp³-hybridized carbons (Fsp3) is 0.538. The Morgan fingerprint density at radius 3 is 3.14 bits per heavy atom. The van der Waals surface area contributed by atoms with Crippen molar-refractivity contribution < 1.29 is 9.90 Å². The highest BCUT2D eigenvalue weighted by molar-refractivity contribution is 7.14. The van der Waals surface area contributed by atoms with Crippen LogP contribution >= 0.6 is 11.3 Å². The van der Waals surface area contributed by atoms with E-state index < -0.39 is 12.0 Å². The molecule has 7 nitrogen and oxygen atoms in total. The summed E-state index contributed by atoms with van der Waals surface area (Å²) in [7, 11) is 0. The maximum absolute atomic E-state index is 11.9.